The minimum Gasteiger partial charge on any atom is -0.321 e. The molecule has 77 valence electrons. The van der Waals surface area contributed by atoms with Crippen LogP contribution in [-0.4, -0.2) is 8.24 Å². The molecule has 0 saturated heterocycles. The minimum atomic E-state index is -1.33. The lowest BCUT2D eigenvalue weighted by molar-refractivity contribution is 1.05. The van der Waals surface area contributed by atoms with Crippen molar-refractivity contribution in [1.29, 1.82) is 0 Å². The Morgan fingerprint density at radius 2 is 1.43 bits per heavy atom. The van der Waals surface area contributed by atoms with Crippen LogP contribution in [0.4, 0.5) is 5.69 Å². The molecule has 0 atom stereocenters. The van der Waals surface area contributed by atoms with Crippen molar-refractivity contribution in [3.63, 3.8) is 0 Å². The predicted molar refractivity (Wildman–Crippen MR) is 65.4 cm³/mol. The van der Waals surface area contributed by atoms with Crippen molar-refractivity contribution in [3.05, 3.63) is 30.3 Å². The molecule has 0 amide bonds. The van der Waals surface area contributed by atoms with Crippen LogP contribution in [0, 0.1) is 0 Å². The summed E-state index contributed by atoms with van der Waals surface area (Å²) in [4.78, 5) is 4.98. The predicted octanol–water partition coefficient (Wildman–Crippen LogP) is 3.93. The maximum absolute atomic E-state index is 4.98. The van der Waals surface area contributed by atoms with Crippen molar-refractivity contribution in [1.82, 2.24) is 4.98 Å². The normalized spacial score (nSPS) is 11.4. The van der Waals surface area contributed by atoms with Crippen molar-refractivity contribution in [2.75, 3.05) is 0 Å². The fourth-order valence-corrected chi connectivity index (χ4v) is 4.43. The molecule has 2 heteroatoms. The Balaban J connectivity index is 2.74. The SMILES string of the molecule is CC[Si](CC)(CC)[N]c1ccccc1. The molecule has 1 rings (SSSR count). The summed E-state index contributed by atoms with van der Waals surface area (Å²) in [6, 6.07) is 14.2. The van der Waals surface area contributed by atoms with Crippen LogP contribution in [0.15, 0.2) is 30.3 Å². The highest BCUT2D eigenvalue weighted by atomic mass is 28.3. The lowest BCUT2D eigenvalue weighted by Gasteiger charge is -2.27. The zero-order valence-corrected chi connectivity index (χ0v) is 10.5. The first-order valence-electron chi connectivity index (χ1n) is 5.54. The third-order valence-corrected chi connectivity index (χ3v) is 7.78. The molecular formula is C12H20NSi. The molecule has 0 heterocycles. The quantitative estimate of drug-likeness (QED) is 0.648. The topological polar surface area (TPSA) is 14.1 Å². The van der Waals surface area contributed by atoms with E-state index in [0.717, 1.165) is 0 Å². The fourth-order valence-electron chi connectivity index (χ4n) is 1.76. The summed E-state index contributed by atoms with van der Waals surface area (Å²) in [5.74, 6) is 0. The van der Waals surface area contributed by atoms with Gasteiger partial charge in [-0.05, 0) is 30.3 Å². The van der Waals surface area contributed by atoms with Gasteiger partial charge in [0, 0.05) is 5.69 Å². The van der Waals surface area contributed by atoms with Crippen molar-refractivity contribution in [3.8, 4) is 0 Å². The van der Waals surface area contributed by atoms with Gasteiger partial charge in [0.2, 0.25) is 0 Å². The number of hydrogen-bond donors (Lipinski definition) is 0. The van der Waals surface area contributed by atoms with Crippen molar-refractivity contribution >= 4 is 13.9 Å². The van der Waals surface area contributed by atoms with Gasteiger partial charge in [-0.15, -0.1) is 0 Å². The molecular weight excluding hydrogens is 186 g/mol. The van der Waals surface area contributed by atoms with E-state index in [1.54, 1.807) is 0 Å². The first kappa shape index (κ1) is 11.3. The molecule has 1 nitrogen and oxygen atoms in total. The van der Waals surface area contributed by atoms with Crippen LogP contribution >= 0.6 is 0 Å². The zero-order valence-electron chi connectivity index (χ0n) is 9.46. The van der Waals surface area contributed by atoms with E-state index in [9.17, 15) is 0 Å². The van der Waals surface area contributed by atoms with Gasteiger partial charge in [-0.3, -0.25) is 0 Å². The van der Waals surface area contributed by atoms with Gasteiger partial charge in [0.1, 0.15) is 0 Å². The molecule has 0 N–H and O–H groups in total. The van der Waals surface area contributed by atoms with Crippen LogP contribution in [0.2, 0.25) is 18.1 Å². The average molecular weight is 206 g/mol. The van der Waals surface area contributed by atoms with Crippen molar-refractivity contribution in [2.24, 2.45) is 0 Å². The average Bonchev–Trinajstić information content (AvgIpc) is 2.28. The third-order valence-electron chi connectivity index (χ3n) is 3.10. The van der Waals surface area contributed by atoms with Gasteiger partial charge in [-0.2, -0.15) is 0 Å². The van der Waals surface area contributed by atoms with E-state index in [0.29, 0.717) is 0 Å². The van der Waals surface area contributed by atoms with E-state index in [1.807, 2.05) is 6.07 Å². The molecule has 14 heavy (non-hydrogen) atoms. The second-order valence-corrected chi connectivity index (χ2v) is 8.53. The lowest BCUT2D eigenvalue weighted by Crippen LogP contribution is -2.40. The molecule has 0 bridgehead atoms. The second-order valence-electron chi connectivity index (χ2n) is 3.73. The van der Waals surface area contributed by atoms with Gasteiger partial charge in [0.05, 0.1) is 0 Å². The van der Waals surface area contributed by atoms with Crippen LogP contribution < -0.4 is 4.98 Å². The maximum atomic E-state index is 4.98. The molecule has 0 aliphatic carbocycles. The van der Waals surface area contributed by atoms with E-state index in [4.69, 9.17) is 4.98 Å². The summed E-state index contributed by atoms with van der Waals surface area (Å²) in [6.45, 7) is 6.85. The van der Waals surface area contributed by atoms with Gasteiger partial charge in [0.15, 0.2) is 8.24 Å². The molecule has 1 aromatic rings. The fraction of sp³-hybridized carbons (Fsp3) is 0.500. The summed E-state index contributed by atoms with van der Waals surface area (Å²) < 4.78 is 0. The van der Waals surface area contributed by atoms with E-state index < -0.39 is 8.24 Å². The standard InChI is InChI=1S/C12H20NSi/c1-4-14(5-2,6-3)13-12-10-8-7-9-11-12/h7-11H,4-6H2,1-3H3. The Morgan fingerprint density at radius 3 is 1.86 bits per heavy atom. The molecule has 0 fully saturated rings. The smallest absolute Gasteiger partial charge is 0.181 e. The molecule has 0 aromatic heterocycles. The number of hydrogen-bond acceptors (Lipinski definition) is 0. The number of nitrogens with zero attached hydrogens (tertiary/aromatic N) is 1. The zero-order chi connectivity index (χ0) is 10.4. The molecule has 0 aliphatic rings. The van der Waals surface area contributed by atoms with Crippen LogP contribution in [0.3, 0.4) is 0 Å². The van der Waals surface area contributed by atoms with Crippen LogP contribution in [-0.2, 0) is 0 Å². The van der Waals surface area contributed by atoms with Crippen LogP contribution in [0.5, 0.6) is 0 Å². The highest BCUT2D eigenvalue weighted by Crippen LogP contribution is 2.22. The largest absolute Gasteiger partial charge is 0.321 e. The van der Waals surface area contributed by atoms with Gasteiger partial charge >= 0.3 is 0 Å². The lowest BCUT2D eigenvalue weighted by atomic mass is 10.3. The van der Waals surface area contributed by atoms with E-state index in [1.165, 1.54) is 23.8 Å². The number of rotatable bonds is 5. The second kappa shape index (κ2) is 5.20. The van der Waals surface area contributed by atoms with E-state index >= 15 is 0 Å². The molecule has 1 aromatic carbocycles. The van der Waals surface area contributed by atoms with Gasteiger partial charge in [-0.1, -0.05) is 39.0 Å². The monoisotopic (exact) mass is 206 g/mol. The van der Waals surface area contributed by atoms with Gasteiger partial charge < -0.3 is 4.98 Å². The maximum Gasteiger partial charge on any atom is 0.181 e. The highest BCUT2D eigenvalue weighted by molar-refractivity contribution is 6.77. The summed E-state index contributed by atoms with van der Waals surface area (Å²) in [6.07, 6.45) is 0. The molecule has 0 saturated carbocycles. The molecule has 0 unspecified atom stereocenters. The summed E-state index contributed by atoms with van der Waals surface area (Å²) >= 11 is 0. The Hall–Kier alpha value is -0.763. The Morgan fingerprint density at radius 1 is 0.929 bits per heavy atom. The van der Waals surface area contributed by atoms with E-state index in [2.05, 4.69) is 45.0 Å². The molecule has 0 aliphatic heterocycles. The summed E-state index contributed by atoms with van der Waals surface area (Å²) in [7, 11) is -1.33. The Labute approximate surface area is 88.6 Å². The third kappa shape index (κ3) is 2.61. The van der Waals surface area contributed by atoms with Crippen molar-refractivity contribution in [2.45, 2.75) is 38.9 Å². The minimum absolute atomic E-state index is 1.17. The Kier molecular flexibility index (Phi) is 4.20. The summed E-state index contributed by atoms with van der Waals surface area (Å²) in [5.41, 5.74) is 1.17. The van der Waals surface area contributed by atoms with Crippen molar-refractivity contribution < 1.29 is 0 Å². The van der Waals surface area contributed by atoms with Crippen LogP contribution in [0.1, 0.15) is 20.8 Å². The molecule has 0 spiro atoms. The van der Waals surface area contributed by atoms with Gasteiger partial charge in [-0.25, -0.2) is 0 Å². The number of benzene rings is 1. The highest BCUT2D eigenvalue weighted by Gasteiger charge is 2.28. The Bertz CT molecular complexity index is 246. The first-order chi connectivity index (χ1) is 6.76. The summed E-state index contributed by atoms with van der Waals surface area (Å²) in [5, 5.41) is 0. The van der Waals surface area contributed by atoms with E-state index in [-0.39, 0.29) is 0 Å². The molecule has 1 radical (unpaired) electrons. The van der Waals surface area contributed by atoms with Crippen LogP contribution in [0.25, 0.3) is 0 Å². The van der Waals surface area contributed by atoms with Gasteiger partial charge in [0.25, 0.3) is 0 Å². The first-order valence-corrected chi connectivity index (χ1v) is 8.11.